The van der Waals surface area contributed by atoms with Gasteiger partial charge in [0.25, 0.3) is 0 Å². The molecular formula is C65H127NO5. The van der Waals surface area contributed by atoms with E-state index in [0.717, 1.165) is 38.5 Å². The van der Waals surface area contributed by atoms with Gasteiger partial charge in [0.05, 0.1) is 25.4 Å². The molecule has 1 amide bonds. The van der Waals surface area contributed by atoms with Crippen LogP contribution in [-0.2, 0) is 14.3 Å². The van der Waals surface area contributed by atoms with Crippen molar-refractivity contribution in [3.8, 4) is 0 Å². The molecule has 3 N–H and O–H groups in total. The molecule has 0 heterocycles. The predicted molar refractivity (Wildman–Crippen MR) is 310 cm³/mol. The van der Waals surface area contributed by atoms with E-state index in [-0.39, 0.29) is 18.5 Å². The van der Waals surface area contributed by atoms with Gasteiger partial charge in [-0.2, -0.15) is 0 Å². The summed E-state index contributed by atoms with van der Waals surface area (Å²) in [7, 11) is 0. The first kappa shape index (κ1) is 69.6. The Morgan fingerprint density at radius 1 is 0.380 bits per heavy atom. The van der Waals surface area contributed by atoms with Crippen LogP contribution in [0.15, 0.2) is 12.2 Å². The quantitative estimate of drug-likeness (QED) is 0.0320. The van der Waals surface area contributed by atoms with E-state index in [2.05, 4.69) is 19.2 Å². The molecule has 0 saturated heterocycles. The molecule has 71 heavy (non-hydrogen) atoms. The van der Waals surface area contributed by atoms with Gasteiger partial charge >= 0.3 is 5.97 Å². The molecule has 2 unspecified atom stereocenters. The van der Waals surface area contributed by atoms with E-state index in [1.54, 1.807) is 6.08 Å². The number of carbonyl (C=O) groups is 2. The Bertz CT molecular complexity index is 1060. The third kappa shape index (κ3) is 57.7. The van der Waals surface area contributed by atoms with Crippen LogP contribution in [0, 0.1) is 0 Å². The number of ether oxygens (including phenoxy) is 1. The van der Waals surface area contributed by atoms with Crippen LogP contribution >= 0.6 is 0 Å². The van der Waals surface area contributed by atoms with E-state index in [9.17, 15) is 19.8 Å². The lowest BCUT2D eigenvalue weighted by Gasteiger charge is -2.20. The minimum Gasteiger partial charge on any atom is -0.466 e. The smallest absolute Gasteiger partial charge is 0.305 e. The largest absolute Gasteiger partial charge is 0.466 e. The van der Waals surface area contributed by atoms with Crippen molar-refractivity contribution in [1.29, 1.82) is 0 Å². The monoisotopic (exact) mass is 1000 g/mol. The Kier molecular flexibility index (Phi) is 59.9. The molecule has 422 valence electrons. The highest BCUT2D eigenvalue weighted by molar-refractivity contribution is 5.76. The highest BCUT2D eigenvalue weighted by Crippen LogP contribution is 2.18. The van der Waals surface area contributed by atoms with E-state index < -0.39 is 12.1 Å². The van der Waals surface area contributed by atoms with Crippen molar-refractivity contribution in [2.24, 2.45) is 0 Å². The average molecular weight is 1000 g/mol. The van der Waals surface area contributed by atoms with Crippen molar-refractivity contribution in [2.75, 3.05) is 13.2 Å². The van der Waals surface area contributed by atoms with Gasteiger partial charge in [0.1, 0.15) is 0 Å². The Morgan fingerprint density at radius 3 is 0.958 bits per heavy atom. The van der Waals surface area contributed by atoms with E-state index in [1.807, 2.05) is 6.08 Å². The van der Waals surface area contributed by atoms with Crippen molar-refractivity contribution < 1.29 is 24.5 Å². The van der Waals surface area contributed by atoms with Gasteiger partial charge in [-0.15, -0.1) is 0 Å². The summed E-state index contributed by atoms with van der Waals surface area (Å²) >= 11 is 0. The topological polar surface area (TPSA) is 95.9 Å². The minimum absolute atomic E-state index is 0.0142. The second-order valence-corrected chi connectivity index (χ2v) is 22.5. The van der Waals surface area contributed by atoms with Crippen LogP contribution in [-0.4, -0.2) is 47.4 Å². The van der Waals surface area contributed by atoms with Crippen molar-refractivity contribution in [2.45, 2.75) is 379 Å². The number of aliphatic hydroxyl groups is 2. The van der Waals surface area contributed by atoms with Crippen LogP contribution in [0.1, 0.15) is 367 Å². The summed E-state index contributed by atoms with van der Waals surface area (Å²) in [5, 5.41) is 23.2. The lowest BCUT2D eigenvalue weighted by atomic mass is 10.0. The molecule has 6 heteroatoms. The molecule has 0 fully saturated rings. The van der Waals surface area contributed by atoms with E-state index >= 15 is 0 Å². The molecule has 0 aromatic rings. The molecule has 0 saturated carbocycles. The summed E-state index contributed by atoms with van der Waals surface area (Å²) in [5.74, 6) is -0.0500. The first-order valence-corrected chi connectivity index (χ1v) is 32.5. The third-order valence-corrected chi connectivity index (χ3v) is 15.3. The van der Waals surface area contributed by atoms with Crippen LogP contribution in [0.25, 0.3) is 0 Å². The average Bonchev–Trinajstić information content (AvgIpc) is 3.37. The number of carbonyl (C=O) groups excluding carboxylic acids is 2. The number of amides is 1. The Labute approximate surface area is 444 Å². The maximum absolute atomic E-state index is 12.5. The van der Waals surface area contributed by atoms with E-state index in [0.29, 0.717) is 19.4 Å². The van der Waals surface area contributed by atoms with Gasteiger partial charge in [-0.25, -0.2) is 0 Å². The Balaban J connectivity index is 3.40. The molecule has 2 atom stereocenters. The molecule has 0 aromatic carbocycles. The molecule has 0 aliphatic heterocycles. The van der Waals surface area contributed by atoms with Gasteiger partial charge in [-0.3, -0.25) is 9.59 Å². The molecule has 6 nitrogen and oxygen atoms in total. The van der Waals surface area contributed by atoms with Gasteiger partial charge in [0, 0.05) is 12.8 Å². The maximum Gasteiger partial charge on any atom is 0.305 e. The molecule has 0 aliphatic rings. The summed E-state index contributed by atoms with van der Waals surface area (Å²) in [6, 6.07) is -0.628. The summed E-state index contributed by atoms with van der Waals surface area (Å²) in [6.07, 6.45) is 74.0. The zero-order valence-electron chi connectivity index (χ0n) is 48.2. The molecule has 0 aliphatic carbocycles. The molecule has 0 rings (SSSR count). The minimum atomic E-state index is -0.844. The predicted octanol–water partition coefficient (Wildman–Crippen LogP) is 20.4. The van der Waals surface area contributed by atoms with Crippen molar-refractivity contribution in [3.63, 3.8) is 0 Å². The molecule has 0 radical (unpaired) electrons. The third-order valence-electron chi connectivity index (χ3n) is 15.3. The number of hydrogen-bond donors (Lipinski definition) is 3. The van der Waals surface area contributed by atoms with Crippen molar-refractivity contribution in [3.05, 3.63) is 12.2 Å². The van der Waals surface area contributed by atoms with Gasteiger partial charge < -0.3 is 20.3 Å². The summed E-state index contributed by atoms with van der Waals surface area (Å²) in [6.45, 7) is 4.94. The Hall–Kier alpha value is -1.40. The van der Waals surface area contributed by atoms with Crippen LogP contribution in [0.4, 0.5) is 0 Å². The fourth-order valence-electron chi connectivity index (χ4n) is 10.3. The van der Waals surface area contributed by atoms with Crippen LogP contribution in [0.2, 0.25) is 0 Å². The van der Waals surface area contributed by atoms with E-state index in [4.69, 9.17) is 4.74 Å². The second kappa shape index (κ2) is 61.1. The number of unbranched alkanes of at least 4 members (excludes halogenated alkanes) is 50. The first-order chi connectivity index (χ1) is 35.0. The van der Waals surface area contributed by atoms with Gasteiger partial charge in [0.15, 0.2) is 0 Å². The fourth-order valence-corrected chi connectivity index (χ4v) is 10.3. The standard InChI is InChI=1S/C65H127NO5/c1-3-5-7-9-11-13-15-17-18-19-20-25-28-31-34-37-41-45-49-53-57-63(68)62(61-67)66-64(69)58-54-50-46-42-38-35-32-29-26-23-21-22-24-27-30-33-36-40-44-48-52-56-60-71-65(70)59-55-51-47-43-39-16-14-12-10-8-6-4-2/h53,57,62-63,67-68H,3-52,54-56,58-61H2,1-2H3,(H,66,69)/b57-53+. The number of esters is 1. The number of hydrogen-bond acceptors (Lipinski definition) is 5. The van der Waals surface area contributed by atoms with Crippen molar-refractivity contribution >= 4 is 11.9 Å². The summed E-state index contributed by atoms with van der Waals surface area (Å²) < 4.78 is 5.48. The summed E-state index contributed by atoms with van der Waals surface area (Å²) in [4.78, 5) is 24.5. The van der Waals surface area contributed by atoms with E-state index in [1.165, 1.54) is 302 Å². The lowest BCUT2D eigenvalue weighted by molar-refractivity contribution is -0.143. The molecule has 0 bridgehead atoms. The molecule has 0 spiro atoms. The maximum atomic E-state index is 12.5. The summed E-state index contributed by atoms with van der Waals surface area (Å²) in [5.41, 5.74) is 0. The number of rotatable bonds is 61. The van der Waals surface area contributed by atoms with Crippen molar-refractivity contribution in [1.82, 2.24) is 5.32 Å². The normalized spacial score (nSPS) is 12.6. The first-order valence-electron chi connectivity index (χ1n) is 32.5. The Morgan fingerprint density at radius 2 is 0.648 bits per heavy atom. The lowest BCUT2D eigenvalue weighted by Crippen LogP contribution is -2.45. The SMILES string of the molecule is CCCCCCCCCCCCCCCCCCCC/C=C/C(O)C(CO)NC(=O)CCCCCCCCCCCCCCCCCCCCCCCCOC(=O)CCCCCCCCCCCCCC. The fraction of sp³-hybridized carbons (Fsp3) is 0.938. The number of aliphatic hydroxyl groups excluding tert-OH is 2. The second-order valence-electron chi connectivity index (χ2n) is 22.5. The van der Waals surface area contributed by atoms with Gasteiger partial charge in [0.2, 0.25) is 5.91 Å². The number of nitrogens with one attached hydrogen (secondary N) is 1. The van der Waals surface area contributed by atoms with Gasteiger partial charge in [-0.1, -0.05) is 334 Å². The zero-order valence-corrected chi connectivity index (χ0v) is 48.2. The van der Waals surface area contributed by atoms with Crippen LogP contribution in [0.5, 0.6) is 0 Å². The molecular weight excluding hydrogens is 875 g/mol. The van der Waals surface area contributed by atoms with Crippen LogP contribution in [0.3, 0.4) is 0 Å². The highest BCUT2D eigenvalue weighted by Gasteiger charge is 2.18. The number of allylic oxidation sites excluding steroid dienone is 1. The van der Waals surface area contributed by atoms with Crippen LogP contribution < -0.4 is 5.32 Å². The molecule has 0 aromatic heterocycles. The highest BCUT2D eigenvalue weighted by atomic mass is 16.5. The zero-order chi connectivity index (χ0) is 51.4. The van der Waals surface area contributed by atoms with Gasteiger partial charge in [-0.05, 0) is 32.1 Å².